The Morgan fingerprint density at radius 3 is 2.44 bits per heavy atom. The van der Waals surface area contributed by atoms with E-state index in [1.54, 1.807) is 38.1 Å². The van der Waals surface area contributed by atoms with Crippen LogP contribution in [0.15, 0.2) is 35.9 Å². The molecule has 2 heterocycles. The van der Waals surface area contributed by atoms with Gasteiger partial charge in [0.2, 0.25) is 23.6 Å². The van der Waals surface area contributed by atoms with E-state index >= 15 is 0 Å². The highest BCUT2D eigenvalue weighted by Crippen LogP contribution is 2.38. The van der Waals surface area contributed by atoms with E-state index in [4.69, 9.17) is 30.5 Å². The number of aliphatic hydroxyl groups is 2. The predicted molar refractivity (Wildman–Crippen MR) is 231 cm³/mol. The first-order valence-corrected chi connectivity index (χ1v) is 21.7. The quantitative estimate of drug-likeness (QED) is 0.134. The molecule has 0 aliphatic carbocycles. The predicted octanol–water partition coefficient (Wildman–Crippen LogP) is 3.26. The van der Waals surface area contributed by atoms with Gasteiger partial charge in [0.05, 0.1) is 30.6 Å². The van der Waals surface area contributed by atoms with E-state index in [2.05, 4.69) is 16.0 Å². The van der Waals surface area contributed by atoms with Crippen molar-refractivity contribution in [2.75, 3.05) is 57.8 Å². The van der Waals surface area contributed by atoms with Gasteiger partial charge in [-0.3, -0.25) is 24.5 Å². The number of halogens is 1. The average Bonchev–Trinajstić information content (AvgIpc) is 3.20. The zero-order valence-electron chi connectivity index (χ0n) is 36.5. The first-order chi connectivity index (χ1) is 28.7. The van der Waals surface area contributed by atoms with Gasteiger partial charge in [-0.15, -0.1) is 0 Å². The fourth-order valence-electron chi connectivity index (χ4n) is 6.94. The Morgan fingerprint density at radius 2 is 1.80 bits per heavy atom. The molecule has 5 amide bonds. The van der Waals surface area contributed by atoms with Gasteiger partial charge >= 0.3 is 12.1 Å². The minimum Gasteiger partial charge on any atom is -0.495 e. The maximum absolute atomic E-state index is 14.1. The topological polar surface area (TPSA) is 222 Å². The maximum atomic E-state index is 14.1. The van der Waals surface area contributed by atoms with E-state index in [1.165, 1.54) is 63.7 Å². The van der Waals surface area contributed by atoms with Crippen molar-refractivity contribution in [1.82, 2.24) is 20.9 Å². The molecule has 0 radical (unpaired) electrons. The van der Waals surface area contributed by atoms with Crippen LogP contribution in [-0.4, -0.2) is 139 Å². The summed E-state index contributed by atoms with van der Waals surface area (Å²) in [4.78, 5) is 80.0. The van der Waals surface area contributed by atoms with Crippen molar-refractivity contribution in [3.8, 4) is 5.75 Å². The Bertz CT molecular complexity index is 1810. The molecule has 1 aromatic rings. The number of carbonyl (C=O) groups is 6. The van der Waals surface area contributed by atoms with Crippen LogP contribution in [0.25, 0.3) is 0 Å². The first kappa shape index (κ1) is 51.0. The smallest absolute Gasteiger partial charge is 0.409 e. The van der Waals surface area contributed by atoms with Crippen molar-refractivity contribution >= 4 is 64.7 Å². The number of hydrogen-bond donors (Lipinski definition) is 5. The fourth-order valence-corrected chi connectivity index (χ4v) is 8.01. The second-order valence-corrected chi connectivity index (χ2v) is 17.2. The highest BCUT2D eigenvalue weighted by atomic mass is 35.5. The number of alkyl carbamates (subject to hydrolysis) is 1. The third-order valence-corrected chi connectivity index (χ3v) is 12.1. The number of methoxy groups -OCH3 is 2. The fraction of sp³-hybridized carbons (Fsp3) is 0.619. The summed E-state index contributed by atoms with van der Waals surface area (Å²) in [5.41, 5.74) is -1.89. The maximum Gasteiger partial charge on any atom is 0.409 e. The molecule has 19 heteroatoms. The lowest BCUT2D eigenvalue weighted by Crippen LogP contribution is -2.63. The second kappa shape index (κ2) is 23.2. The van der Waals surface area contributed by atoms with Gasteiger partial charge in [0.15, 0.2) is 5.72 Å². The minimum absolute atomic E-state index is 0.000197. The molecule has 340 valence electrons. The van der Waals surface area contributed by atoms with Crippen LogP contribution in [-0.2, 0) is 44.6 Å². The molecule has 2 aliphatic heterocycles. The lowest BCUT2D eigenvalue weighted by atomic mass is 9.81. The zero-order valence-corrected chi connectivity index (χ0v) is 38.1. The van der Waals surface area contributed by atoms with Crippen molar-refractivity contribution in [2.24, 2.45) is 5.92 Å². The van der Waals surface area contributed by atoms with Crippen molar-refractivity contribution < 1.29 is 57.9 Å². The second-order valence-electron chi connectivity index (χ2n) is 15.7. The highest BCUT2D eigenvalue weighted by Gasteiger charge is 2.48. The summed E-state index contributed by atoms with van der Waals surface area (Å²) in [6.45, 7) is 8.74. The van der Waals surface area contributed by atoms with Gasteiger partial charge in [-0.05, 0) is 57.2 Å². The molecule has 1 fully saturated rings. The van der Waals surface area contributed by atoms with Crippen molar-refractivity contribution in [3.05, 3.63) is 46.5 Å². The Labute approximate surface area is 367 Å². The zero-order chi connectivity index (χ0) is 45.7. The van der Waals surface area contributed by atoms with Crippen LogP contribution in [0.2, 0.25) is 5.02 Å². The summed E-state index contributed by atoms with van der Waals surface area (Å²) in [5, 5.41) is 31.9. The van der Waals surface area contributed by atoms with Crippen LogP contribution in [0.3, 0.4) is 0 Å². The number of nitrogens with one attached hydrogen (secondary N) is 3. The van der Waals surface area contributed by atoms with Crippen molar-refractivity contribution in [1.29, 1.82) is 0 Å². The number of rotatable bonds is 14. The number of thioether (sulfide) groups is 1. The van der Waals surface area contributed by atoms with Crippen molar-refractivity contribution in [3.63, 3.8) is 0 Å². The molecule has 0 aromatic heterocycles. The number of benzene rings is 1. The Kier molecular flexibility index (Phi) is 19.4. The number of likely N-dealkylation sites (N-methyl/N-ethyl adjacent to an activating group) is 1. The average molecular weight is 897 g/mol. The molecule has 1 aromatic carbocycles. The number of anilines is 1. The van der Waals surface area contributed by atoms with Gasteiger partial charge in [-0.25, -0.2) is 9.59 Å². The van der Waals surface area contributed by atoms with Gasteiger partial charge in [0.1, 0.15) is 35.1 Å². The SMILES string of the molecule is CCC(=O)NCCNC(=O)CSCCC(=O)N(C)[C@@H](C)C(=O)O[C@H]1CC(=O)N(C)c2cc(cc(OC)c2Cl)C/C(C)=C/C=C/[C@@H](OC)[C@@]2(O)C[C@H](OC(=O)N2)[C@@H](C)C[C@@]1(C)O. The molecule has 4 bridgehead atoms. The van der Waals surface area contributed by atoms with Crippen molar-refractivity contribution in [2.45, 2.75) is 109 Å². The number of amides is 5. The Hall–Kier alpha value is -4.36. The minimum atomic E-state index is -1.93. The van der Waals surface area contributed by atoms with Gasteiger partial charge in [-0.2, -0.15) is 11.8 Å². The van der Waals surface area contributed by atoms with Crippen LogP contribution in [0, 0.1) is 5.92 Å². The lowest BCUT2D eigenvalue weighted by Gasteiger charge is -2.43. The molecule has 1 saturated heterocycles. The summed E-state index contributed by atoms with van der Waals surface area (Å²) >= 11 is 7.97. The molecule has 5 N–H and O–H groups in total. The summed E-state index contributed by atoms with van der Waals surface area (Å²) in [5.74, 6) is -2.22. The van der Waals surface area contributed by atoms with Gasteiger partial charge in [0.25, 0.3) is 0 Å². The lowest BCUT2D eigenvalue weighted by molar-refractivity contribution is -0.176. The summed E-state index contributed by atoms with van der Waals surface area (Å²) in [7, 11) is 5.77. The molecule has 0 spiro atoms. The standard InChI is InChI=1S/C42H62ClN5O12S/c1-10-34(49)44-15-16-45-35(50)24-61-17-14-36(51)47(6)27(4)39(53)60-33-21-37(52)48(7)29-19-28(20-30(57-8)38(29)43)18-25(2)12-11-13-32(58-9)42(56)23-31(59-40(54)46-42)26(3)22-41(33,5)55/h11-13,19-20,26-27,31-33,55-56H,10,14-18,21-24H2,1-9H3,(H,44,49)(H,45,50)(H,46,54)/b13-11+,25-12+/t26-,27-,31-,32+,33-,41+,42-/m0/s1. The Balaban J connectivity index is 1.88. The molecule has 2 aliphatic rings. The third kappa shape index (κ3) is 14.6. The Morgan fingerprint density at radius 1 is 1.13 bits per heavy atom. The van der Waals surface area contributed by atoms with Crippen LogP contribution in [0.1, 0.15) is 72.3 Å². The van der Waals surface area contributed by atoms with Gasteiger partial charge in [-0.1, -0.05) is 49.2 Å². The van der Waals surface area contributed by atoms with E-state index in [1.807, 2.05) is 13.0 Å². The van der Waals surface area contributed by atoms with E-state index in [0.717, 1.165) is 11.1 Å². The largest absolute Gasteiger partial charge is 0.495 e. The summed E-state index contributed by atoms with van der Waals surface area (Å²) < 4.78 is 22.7. The number of carbonyl (C=O) groups excluding carboxylic acids is 6. The molecule has 61 heavy (non-hydrogen) atoms. The number of fused-ring (bicyclic) bond motifs is 4. The normalized spacial score (nSPS) is 26.7. The van der Waals surface area contributed by atoms with Gasteiger partial charge in [0, 0.05) is 59.3 Å². The molecule has 0 saturated carbocycles. The molecule has 7 atom stereocenters. The molecule has 17 nitrogen and oxygen atoms in total. The summed E-state index contributed by atoms with van der Waals surface area (Å²) in [6.07, 6.45) is 0.726. The molecule has 3 rings (SSSR count). The number of allylic oxidation sites excluding steroid dienone is 3. The highest BCUT2D eigenvalue weighted by molar-refractivity contribution is 7.99. The van der Waals surface area contributed by atoms with Crippen LogP contribution in [0.5, 0.6) is 5.75 Å². The third-order valence-electron chi connectivity index (χ3n) is 10.8. The first-order valence-electron chi connectivity index (χ1n) is 20.2. The monoisotopic (exact) mass is 895 g/mol. The van der Waals surface area contributed by atoms with Crippen LogP contribution >= 0.6 is 23.4 Å². The number of nitrogens with zero attached hydrogens (tertiary/aromatic N) is 2. The van der Waals surface area contributed by atoms with E-state index in [9.17, 15) is 39.0 Å². The molecular weight excluding hydrogens is 834 g/mol. The molecular formula is C42H62ClN5O12S. The van der Waals surface area contributed by atoms with E-state index < -0.39 is 71.9 Å². The van der Waals surface area contributed by atoms with Crippen LogP contribution < -0.4 is 25.6 Å². The number of hydrogen-bond acceptors (Lipinski definition) is 13. The van der Waals surface area contributed by atoms with E-state index in [0.29, 0.717) is 30.8 Å². The molecule has 0 unspecified atom stereocenters. The summed E-state index contributed by atoms with van der Waals surface area (Å²) in [6, 6.07) is 2.33. The number of ether oxygens (including phenoxy) is 4. The number of esters is 1. The van der Waals surface area contributed by atoms with Crippen LogP contribution in [0.4, 0.5) is 10.5 Å². The van der Waals surface area contributed by atoms with E-state index in [-0.39, 0.29) is 54.1 Å². The van der Waals surface area contributed by atoms with Gasteiger partial charge < -0.3 is 49.6 Å².